The van der Waals surface area contributed by atoms with E-state index >= 15 is 0 Å². The van der Waals surface area contributed by atoms with Crippen molar-refractivity contribution < 1.29 is 9.84 Å². The minimum Gasteiger partial charge on any atom is -0.396 e. The van der Waals surface area contributed by atoms with Crippen molar-refractivity contribution in [1.82, 2.24) is 14.9 Å². The van der Waals surface area contributed by atoms with Gasteiger partial charge in [-0.3, -0.25) is 0 Å². The molecule has 1 heterocycles. The van der Waals surface area contributed by atoms with E-state index in [1.807, 2.05) is 10.8 Å². The Morgan fingerprint density at radius 3 is 2.67 bits per heavy atom. The number of hydrogen-bond donors (Lipinski definition) is 2. The molecule has 114 valence electrons. The Morgan fingerprint density at radius 1 is 1.33 bits per heavy atom. The van der Waals surface area contributed by atoms with Crippen molar-refractivity contribution in [2.24, 2.45) is 0 Å². The van der Waals surface area contributed by atoms with E-state index in [1.165, 1.54) is 5.56 Å². The summed E-state index contributed by atoms with van der Waals surface area (Å²) >= 11 is 0. The predicted octanol–water partition coefficient (Wildman–Crippen LogP) is 1.92. The molecule has 0 aliphatic heterocycles. The molecule has 5 heteroatoms. The smallest absolute Gasteiger partial charge is 0.0991 e. The minimum atomic E-state index is 0.156. The molecule has 21 heavy (non-hydrogen) atoms. The number of nitrogens with zero attached hydrogens (tertiary/aromatic N) is 2. The van der Waals surface area contributed by atoms with Crippen molar-refractivity contribution in [2.45, 2.75) is 25.4 Å². The van der Waals surface area contributed by atoms with Crippen LogP contribution in [0.5, 0.6) is 0 Å². The fourth-order valence-corrected chi connectivity index (χ4v) is 2.37. The van der Waals surface area contributed by atoms with Gasteiger partial charge in [0.15, 0.2) is 0 Å². The van der Waals surface area contributed by atoms with Gasteiger partial charge in [-0.05, 0) is 31.0 Å². The van der Waals surface area contributed by atoms with Gasteiger partial charge >= 0.3 is 0 Å². The first-order valence-electron chi connectivity index (χ1n) is 7.18. The summed E-state index contributed by atoms with van der Waals surface area (Å²) in [6, 6.07) is 8.72. The molecule has 0 spiro atoms. The molecule has 2 N–H and O–H groups in total. The largest absolute Gasteiger partial charge is 0.396 e. The summed E-state index contributed by atoms with van der Waals surface area (Å²) in [6.45, 7) is 2.87. The highest BCUT2D eigenvalue weighted by Crippen LogP contribution is 2.16. The van der Waals surface area contributed by atoms with Crippen molar-refractivity contribution in [3.63, 3.8) is 0 Å². The maximum atomic E-state index is 9.08. The number of ether oxygens (including phenoxy) is 1. The molecule has 0 saturated carbocycles. The molecule has 2 aromatic rings. The lowest BCUT2D eigenvalue weighted by Gasteiger charge is -2.22. The summed E-state index contributed by atoms with van der Waals surface area (Å²) < 4.78 is 7.15. The van der Waals surface area contributed by atoms with E-state index in [-0.39, 0.29) is 18.7 Å². The van der Waals surface area contributed by atoms with E-state index in [9.17, 15) is 0 Å². The van der Waals surface area contributed by atoms with Crippen LogP contribution in [0.25, 0.3) is 5.69 Å². The average molecular weight is 289 g/mol. The van der Waals surface area contributed by atoms with Gasteiger partial charge in [0.05, 0.1) is 12.9 Å². The van der Waals surface area contributed by atoms with Crippen LogP contribution in [-0.2, 0) is 4.74 Å². The van der Waals surface area contributed by atoms with Crippen LogP contribution in [0.4, 0.5) is 0 Å². The predicted molar refractivity (Wildman–Crippen MR) is 82.5 cm³/mol. The van der Waals surface area contributed by atoms with Crippen LogP contribution >= 0.6 is 0 Å². The molecule has 0 bridgehead atoms. The normalized spacial score (nSPS) is 14.0. The molecular formula is C16H23N3O2. The summed E-state index contributed by atoms with van der Waals surface area (Å²) in [5.41, 5.74) is 2.30. The molecule has 0 aliphatic rings. The topological polar surface area (TPSA) is 59.3 Å². The summed E-state index contributed by atoms with van der Waals surface area (Å²) in [5, 5.41) is 12.6. The molecular weight excluding hydrogens is 266 g/mol. The Hall–Kier alpha value is -1.69. The first-order valence-corrected chi connectivity index (χ1v) is 7.18. The van der Waals surface area contributed by atoms with Crippen LogP contribution in [0.3, 0.4) is 0 Å². The Bertz CT molecular complexity index is 505. The van der Waals surface area contributed by atoms with Gasteiger partial charge in [-0.2, -0.15) is 0 Å². The van der Waals surface area contributed by atoms with Gasteiger partial charge in [-0.25, -0.2) is 4.98 Å². The Labute approximate surface area is 125 Å². The zero-order valence-corrected chi connectivity index (χ0v) is 12.6. The number of imidazole rings is 1. The highest BCUT2D eigenvalue weighted by atomic mass is 16.5. The van der Waals surface area contributed by atoms with Crippen molar-refractivity contribution in [3.8, 4) is 5.69 Å². The fourth-order valence-electron chi connectivity index (χ4n) is 2.37. The van der Waals surface area contributed by atoms with Crippen molar-refractivity contribution in [3.05, 3.63) is 48.5 Å². The SMILES string of the molecule is COCC(CCO)NC(C)c1ccc(-n2ccnc2)cc1. The summed E-state index contributed by atoms with van der Waals surface area (Å²) in [5.74, 6) is 0. The monoisotopic (exact) mass is 289 g/mol. The minimum absolute atomic E-state index is 0.156. The van der Waals surface area contributed by atoms with Gasteiger partial charge in [0.25, 0.3) is 0 Å². The zero-order chi connectivity index (χ0) is 15.1. The molecule has 2 atom stereocenters. The van der Waals surface area contributed by atoms with E-state index < -0.39 is 0 Å². The van der Waals surface area contributed by atoms with Crippen LogP contribution in [0, 0.1) is 0 Å². The van der Waals surface area contributed by atoms with Gasteiger partial charge in [0, 0.05) is 43.9 Å². The van der Waals surface area contributed by atoms with E-state index in [1.54, 1.807) is 19.6 Å². The van der Waals surface area contributed by atoms with Crippen molar-refractivity contribution in [2.75, 3.05) is 20.3 Å². The van der Waals surface area contributed by atoms with Crippen LogP contribution < -0.4 is 5.32 Å². The standard InChI is InChI=1S/C16H23N3O2/c1-13(18-15(7-10-20)11-21-2)14-3-5-16(6-4-14)19-9-8-17-12-19/h3-6,8-9,12-13,15,18,20H,7,10-11H2,1-2H3. The highest BCUT2D eigenvalue weighted by Gasteiger charge is 2.13. The van der Waals surface area contributed by atoms with E-state index in [2.05, 4.69) is 41.5 Å². The number of nitrogens with one attached hydrogen (secondary N) is 1. The second-order valence-electron chi connectivity index (χ2n) is 5.11. The molecule has 1 aromatic carbocycles. The number of hydrogen-bond acceptors (Lipinski definition) is 4. The fraction of sp³-hybridized carbons (Fsp3) is 0.438. The highest BCUT2D eigenvalue weighted by molar-refractivity contribution is 5.35. The van der Waals surface area contributed by atoms with Gasteiger partial charge in [0.2, 0.25) is 0 Å². The number of aliphatic hydroxyl groups excluding tert-OH is 1. The third kappa shape index (κ3) is 4.39. The van der Waals surface area contributed by atoms with Crippen LogP contribution in [0.1, 0.15) is 24.9 Å². The summed E-state index contributed by atoms with van der Waals surface area (Å²) in [7, 11) is 1.68. The molecule has 0 fully saturated rings. The molecule has 2 rings (SSSR count). The number of aromatic nitrogens is 2. The molecule has 5 nitrogen and oxygen atoms in total. The van der Waals surface area contributed by atoms with Crippen LogP contribution in [-0.4, -0.2) is 41.0 Å². The number of benzene rings is 1. The van der Waals surface area contributed by atoms with Crippen LogP contribution in [0.15, 0.2) is 43.0 Å². The Morgan fingerprint density at radius 2 is 2.10 bits per heavy atom. The lowest BCUT2D eigenvalue weighted by atomic mass is 10.1. The Kier molecular flexibility index (Phi) is 5.92. The van der Waals surface area contributed by atoms with Crippen LogP contribution in [0.2, 0.25) is 0 Å². The molecule has 0 saturated heterocycles. The van der Waals surface area contributed by atoms with E-state index in [0.29, 0.717) is 13.0 Å². The number of methoxy groups -OCH3 is 1. The Balaban J connectivity index is 2.00. The van der Waals surface area contributed by atoms with E-state index in [4.69, 9.17) is 9.84 Å². The molecule has 0 amide bonds. The van der Waals surface area contributed by atoms with Gasteiger partial charge in [-0.1, -0.05) is 12.1 Å². The quantitative estimate of drug-likeness (QED) is 0.779. The molecule has 0 radical (unpaired) electrons. The summed E-state index contributed by atoms with van der Waals surface area (Å²) in [6.07, 6.45) is 6.16. The third-order valence-corrected chi connectivity index (χ3v) is 3.53. The third-order valence-electron chi connectivity index (χ3n) is 3.53. The van der Waals surface area contributed by atoms with Gasteiger partial charge in [-0.15, -0.1) is 0 Å². The van der Waals surface area contributed by atoms with Gasteiger partial charge in [0.1, 0.15) is 0 Å². The summed E-state index contributed by atoms with van der Waals surface area (Å²) in [4.78, 5) is 4.05. The maximum absolute atomic E-state index is 9.08. The second kappa shape index (κ2) is 7.93. The van der Waals surface area contributed by atoms with Crippen molar-refractivity contribution >= 4 is 0 Å². The first kappa shape index (κ1) is 15.7. The molecule has 2 unspecified atom stereocenters. The number of rotatable bonds is 8. The van der Waals surface area contributed by atoms with Gasteiger partial charge < -0.3 is 19.7 Å². The lowest BCUT2D eigenvalue weighted by molar-refractivity contribution is 0.143. The number of aliphatic hydroxyl groups is 1. The average Bonchev–Trinajstić information content (AvgIpc) is 3.02. The van der Waals surface area contributed by atoms with E-state index in [0.717, 1.165) is 5.69 Å². The zero-order valence-electron chi connectivity index (χ0n) is 12.6. The first-order chi connectivity index (χ1) is 10.2. The van der Waals surface area contributed by atoms with Crippen molar-refractivity contribution in [1.29, 1.82) is 0 Å². The molecule has 0 aliphatic carbocycles. The lowest BCUT2D eigenvalue weighted by Crippen LogP contribution is -2.36. The second-order valence-corrected chi connectivity index (χ2v) is 5.11. The maximum Gasteiger partial charge on any atom is 0.0991 e. The molecule has 1 aromatic heterocycles.